The zero-order valence-electron chi connectivity index (χ0n) is 6.91. The summed E-state index contributed by atoms with van der Waals surface area (Å²) in [6.45, 7) is 1.53. The number of hydrogen-bond donors (Lipinski definition) is 2. The third-order valence-electron chi connectivity index (χ3n) is 2.04. The summed E-state index contributed by atoms with van der Waals surface area (Å²) < 4.78 is 0. The molecular weight excluding hydrogens is 160 g/mol. The van der Waals surface area contributed by atoms with Crippen molar-refractivity contribution in [1.82, 2.24) is 4.90 Å². The van der Waals surface area contributed by atoms with Crippen LogP contribution in [0.1, 0.15) is 13.3 Å². The van der Waals surface area contributed by atoms with Gasteiger partial charge < -0.3 is 10.8 Å². The van der Waals surface area contributed by atoms with Gasteiger partial charge in [0, 0.05) is 6.54 Å². The largest absolute Gasteiger partial charge is 0.394 e. The lowest BCUT2D eigenvalue weighted by Crippen LogP contribution is -2.50. The van der Waals surface area contributed by atoms with Crippen molar-refractivity contribution in [2.75, 3.05) is 13.2 Å². The Morgan fingerprint density at radius 1 is 1.67 bits per heavy atom. The number of imide groups is 1. The fourth-order valence-corrected chi connectivity index (χ4v) is 1.27. The smallest absolute Gasteiger partial charge is 0.252 e. The summed E-state index contributed by atoms with van der Waals surface area (Å²) in [7, 11) is 0. The molecule has 1 aliphatic heterocycles. The van der Waals surface area contributed by atoms with Crippen molar-refractivity contribution in [3.63, 3.8) is 0 Å². The van der Waals surface area contributed by atoms with Gasteiger partial charge in [0.15, 0.2) is 0 Å². The molecule has 1 heterocycles. The van der Waals surface area contributed by atoms with Crippen LogP contribution in [0.25, 0.3) is 0 Å². The number of likely N-dealkylation sites (N-methyl/N-ethyl adjacent to an activating group) is 1. The minimum Gasteiger partial charge on any atom is -0.394 e. The van der Waals surface area contributed by atoms with E-state index < -0.39 is 18.1 Å². The van der Waals surface area contributed by atoms with Crippen molar-refractivity contribution >= 4 is 11.8 Å². The fraction of sp³-hybridized carbons (Fsp3) is 0.714. The molecule has 5 heteroatoms. The van der Waals surface area contributed by atoms with Gasteiger partial charge >= 0.3 is 0 Å². The maximum Gasteiger partial charge on any atom is 0.252 e. The van der Waals surface area contributed by atoms with Crippen molar-refractivity contribution in [2.24, 2.45) is 5.73 Å². The molecule has 12 heavy (non-hydrogen) atoms. The Bertz CT molecular complexity index is 229. The molecule has 0 bridgehead atoms. The zero-order chi connectivity index (χ0) is 9.35. The highest BCUT2D eigenvalue weighted by Crippen LogP contribution is 2.20. The van der Waals surface area contributed by atoms with E-state index in [1.54, 1.807) is 6.92 Å². The van der Waals surface area contributed by atoms with E-state index in [-0.39, 0.29) is 12.3 Å². The second-order valence-electron chi connectivity index (χ2n) is 2.93. The molecule has 1 saturated heterocycles. The number of carbonyl (C=O) groups is 2. The average Bonchev–Trinajstić information content (AvgIpc) is 2.25. The maximum atomic E-state index is 11.3. The third-order valence-corrected chi connectivity index (χ3v) is 2.04. The van der Waals surface area contributed by atoms with Crippen LogP contribution >= 0.6 is 0 Å². The van der Waals surface area contributed by atoms with Crippen LogP contribution in [0.2, 0.25) is 0 Å². The van der Waals surface area contributed by atoms with Gasteiger partial charge in [-0.05, 0) is 6.92 Å². The summed E-state index contributed by atoms with van der Waals surface area (Å²) in [6, 6.07) is 0. The van der Waals surface area contributed by atoms with Crippen molar-refractivity contribution in [2.45, 2.75) is 18.9 Å². The molecule has 0 aromatic rings. The van der Waals surface area contributed by atoms with Crippen LogP contribution in [0, 0.1) is 0 Å². The molecule has 0 saturated carbocycles. The first-order valence-corrected chi connectivity index (χ1v) is 3.79. The Morgan fingerprint density at radius 2 is 2.25 bits per heavy atom. The lowest BCUT2D eigenvalue weighted by atomic mass is 10.0. The Kier molecular flexibility index (Phi) is 2.16. The van der Waals surface area contributed by atoms with Crippen LogP contribution in [0.4, 0.5) is 0 Å². The normalized spacial score (nSPS) is 30.1. The summed E-state index contributed by atoms with van der Waals surface area (Å²) in [5, 5.41) is 8.80. The van der Waals surface area contributed by atoms with Gasteiger partial charge in [0.1, 0.15) is 5.54 Å². The average molecular weight is 172 g/mol. The first-order valence-electron chi connectivity index (χ1n) is 3.79. The predicted octanol–water partition coefficient (Wildman–Crippen LogP) is -1.54. The summed E-state index contributed by atoms with van der Waals surface area (Å²) >= 11 is 0. The molecule has 0 aliphatic carbocycles. The topological polar surface area (TPSA) is 83.6 Å². The van der Waals surface area contributed by atoms with Gasteiger partial charge in [-0.1, -0.05) is 0 Å². The van der Waals surface area contributed by atoms with Crippen LogP contribution in [-0.2, 0) is 9.59 Å². The minimum absolute atomic E-state index is 0.0871. The Labute approximate surface area is 70.1 Å². The van der Waals surface area contributed by atoms with E-state index in [9.17, 15) is 9.59 Å². The Hall–Kier alpha value is -0.940. The van der Waals surface area contributed by atoms with Crippen molar-refractivity contribution in [1.29, 1.82) is 0 Å². The molecule has 5 nitrogen and oxygen atoms in total. The van der Waals surface area contributed by atoms with E-state index in [0.717, 1.165) is 4.90 Å². The van der Waals surface area contributed by atoms with Gasteiger partial charge in [-0.25, -0.2) is 0 Å². The van der Waals surface area contributed by atoms with Gasteiger partial charge in [0.05, 0.1) is 13.0 Å². The maximum absolute atomic E-state index is 11.3. The number of carbonyl (C=O) groups excluding carboxylic acids is 2. The second kappa shape index (κ2) is 2.84. The minimum atomic E-state index is -1.37. The molecule has 0 radical (unpaired) electrons. The first-order chi connectivity index (χ1) is 5.55. The molecule has 3 N–H and O–H groups in total. The molecule has 1 atom stereocenters. The van der Waals surface area contributed by atoms with Gasteiger partial charge in [-0.2, -0.15) is 0 Å². The molecule has 1 rings (SSSR count). The van der Waals surface area contributed by atoms with Gasteiger partial charge in [-0.3, -0.25) is 14.5 Å². The molecule has 0 aromatic heterocycles. The summed E-state index contributed by atoms with van der Waals surface area (Å²) in [6.07, 6.45) is -0.0871. The highest BCUT2D eigenvalue weighted by atomic mass is 16.3. The lowest BCUT2D eigenvalue weighted by molar-refractivity contribution is -0.139. The summed E-state index contributed by atoms with van der Waals surface area (Å²) in [5.74, 6) is -0.781. The van der Waals surface area contributed by atoms with Crippen LogP contribution in [0.5, 0.6) is 0 Å². The number of likely N-dealkylation sites (tertiary alicyclic amines) is 1. The summed E-state index contributed by atoms with van der Waals surface area (Å²) in [4.78, 5) is 23.5. The van der Waals surface area contributed by atoms with Crippen LogP contribution < -0.4 is 5.73 Å². The highest BCUT2D eigenvalue weighted by Gasteiger charge is 2.47. The number of aliphatic hydroxyl groups is 1. The second-order valence-corrected chi connectivity index (χ2v) is 2.93. The van der Waals surface area contributed by atoms with E-state index in [0.29, 0.717) is 6.54 Å². The van der Waals surface area contributed by atoms with E-state index in [1.807, 2.05) is 0 Å². The number of rotatable bonds is 2. The van der Waals surface area contributed by atoms with Crippen LogP contribution in [0.15, 0.2) is 0 Å². The molecule has 0 aromatic carbocycles. The van der Waals surface area contributed by atoms with Crippen LogP contribution in [-0.4, -0.2) is 40.5 Å². The van der Waals surface area contributed by atoms with Crippen molar-refractivity contribution < 1.29 is 14.7 Å². The number of amides is 2. The number of hydrogen-bond acceptors (Lipinski definition) is 4. The van der Waals surface area contributed by atoms with E-state index >= 15 is 0 Å². The highest BCUT2D eigenvalue weighted by molar-refractivity contribution is 6.08. The molecule has 68 valence electrons. The quantitative estimate of drug-likeness (QED) is 0.494. The molecule has 1 fully saturated rings. The standard InChI is InChI=1S/C7H12N2O3/c1-2-9-5(11)3-7(8,4-10)6(9)12/h10H,2-4,8H2,1H3. The van der Waals surface area contributed by atoms with E-state index in [4.69, 9.17) is 10.8 Å². The zero-order valence-corrected chi connectivity index (χ0v) is 6.91. The molecule has 1 unspecified atom stereocenters. The lowest BCUT2D eigenvalue weighted by Gasteiger charge is -2.18. The first kappa shape index (κ1) is 9.15. The van der Waals surface area contributed by atoms with Crippen molar-refractivity contribution in [3.05, 3.63) is 0 Å². The fourth-order valence-electron chi connectivity index (χ4n) is 1.27. The van der Waals surface area contributed by atoms with Gasteiger partial charge in [-0.15, -0.1) is 0 Å². The van der Waals surface area contributed by atoms with Crippen molar-refractivity contribution in [3.8, 4) is 0 Å². The third kappa shape index (κ3) is 1.11. The van der Waals surface area contributed by atoms with Gasteiger partial charge in [0.2, 0.25) is 5.91 Å². The Morgan fingerprint density at radius 3 is 2.50 bits per heavy atom. The van der Waals surface area contributed by atoms with Gasteiger partial charge in [0.25, 0.3) is 5.91 Å². The number of nitrogens with two attached hydrogens (primary N) is 1. The Balaban J connectivity index is 2.89. The SMILES string of the molecule is CCN1C(=O)CC(N)(CO)C1=O. The number of aliphatic hydroxyl groups excluding tert-OH is 1. The summed E-state index contributed by atoms with van der Waals surface area (Å²) in [5.41, 5.74) is 4.13. The predicted molar refractivity (Wildman–Crippen MR) is 41.0 cm³/mol. The molecule has 2 amide bonds. The monoisotopic (exact) mass is 172 g/mol. The van der Waals surface area contributed by atoms with Crippen LogP contribution in [0.3, 0.4) is 0 Å². The number of nitrogens with zero attached hydrogens (tertiary/aromatic N) is 1. The molecular formula is C7H12N2O3. The molecule has 1 aliphatic rings. The van der Waals surface area contributed by atoms with E-state index in [2.05, 4.69) is 0 Å². The molecule has 0 spiro atoms. The van der Waals surface area contributed by atoms with E-state index in [1.165, 1.54) is 0 Å².